The van der Waals surface area contributed by atoms with E-state index in [4.69, 9.17) is 9.79 Å². The minimum atomic E-state index is -4.01. The largest absolute Gasteiger partial charge is 0.329 e. The molecule has 0 fully saturated rings. The first-order chi connectivity index (χ1) is 9.03. The first-order valence-electron chi connectivity index (χ1n) is 5.65. The monoisotopic (exact) mass is 271 g/mol. The molecule has 0 spiro atoms. The molecule has 0 aliphatic rings. The molecule has 95 valence electrons. The molecule has 0 saturated heterocycles. The Balaban J connectivity index is 2.12. The molecule has 0 atom stereocenters. The third kappa shape index (κ3) is 4.73. The van der Waals surface area contributed by atoms with Gasteiger partial charge >= 0.3 is 7.60 Å². The molecule has 4 heteroatoms. The Morgan fingerprint density at radius 2 is 1.47 bits per heavy atom. The Hall–Kier alpha value is -1.85. The molecule has 3 nitrogen and oxygen atoms in total. The summed E-state index contributed by atoms with van der Waals surface area (Å²) in [4.78, 5) is 17.7. The molecule has 19 heavy (non-hydrogen) atoms. The lowest BCUT2D eigenvalue weighted by molar-refractivity contribution is 0.371. The molecule has 0 heterocycles. The number of hydrogen-bond acceptors (Lipinski definition) is 1. The lowest BCUT2D eigenvalue weighted by Gasteiger charge is -2.03. The van der Waals surface area contributed by atoms with Crippen molar-refractivity contribution in [1.82, 2.24) is 0 Å². The summed E-state index contributed by atoms with van der Waals surface area (Å²) in [5, 5.41) is 0. The van der Waals surface area contributed by atoms with Crippen LogP contribution >= 0.6 is 7.60 Å². The van der Waals surface area contributed by atoms with Crippen molar-refractivity contribution < 1.29 is 14.4 Å². The summed E-state index contributed by atoms with van der Waals surface area (Å²) < 4.78 is 10.9. The lowest BCUT2D eigenvalue weighted by Crippen LogP contribution is -1.87. The van der Waals surface area contributed by atoms with Gasteiger partial charge < -0.3 is 9.79 Å². The highest BCUT2D eigenvalue weighted by atomic mass is 31.2. The average molecular weight is 271 g/mol. The van der Waals surface area contributed by atoms with E-state index in [9.17, 15) is 4.57 Å². The highest BCUT2D eigenvalue weighted by Crippen LogP contribution is 2.38. The average Bonchev–Trinajstić information content (AvgIpc) is 2.37. The van der Waals surface area contributed by atoms with Gasteiger partial charge in [0.2, 0.25) is 0 Å². The maximum Gasteiger partial charge on any atom is 0.329 e. The summed E-state index contributed by atoms with van der Waals surface area (Å²) in [6, 6.07) is 17.1. The summed E-state index contributed by atoms with van der Waals surface area (Å²) in [5.41, 5.74) is 2.31. The van der Waals surface area contributed by atoms with Crippen LogP contribution in [-0.4, -0.2) is 9.79 Å². The molecule has 0 aromatic heterocycles. The SMILES string of the molecule is O=P(O)(O)Cc1ccc(C#Cc2cc[c]cc2)cc1. The minimum Gasteiger partial charge on any atom is -0.324 e. The van der Waals surface area contributed by atoms with Gasteiger partial charge in [-0.3, -0.25) is 4.57 Å². The Kier molecular flexibility index (Phi) is 4.19. The van der Waals surface area contributed by atoms with Crippen molar-refractivity contribution in [3.8, 4) is 11.8 Å². The predicted molar refractivity (Wildman–Crippen MR) is 73.4 cm³/mol. The van der Waals surface area contributed by atoms with Crippen molar-refractivity contribution in [3.05, 3.63) is 71.3 Å². The molecule has 0 aliphatic heterocycles. The second-order valence-corrected chi connectivity index (χ2v) is 5.70. The molecule has 1 radical (unpaired) electrons. The van der Waals surface area contributed by atoms with Crippen LogP contribution < -0.4 is 0 Å². The number of rotatable bonds is 2. The molecule has 2 aromatic rings. The van der Waals surface area contributed by atoms with Gasteiger partial charge in [-0.05, 0) is 35.9 Å². The first-order valence-corrected chi connectivity index (χ1v) is 7.44. The molecule has 0 bridgehead atoms. The Labute approximate surface area is 112 Å². The van der Waals surface area contributed by atoms with Crippen LogP contribution in [0.25, 0.3) is 0 Å². The van der Waals surface area contributed by atoms with Crippen molar-refractivity contribution in [2.75, 3.05) is 0 Å². The second kappa shape index (κ2) is 5.86. The van der Waals surface area contributed by atoms with Gasteiger partial charge in [-0.1, -0.05) is 36.1 Å². The van der Waals surface area contributed by atoms with Crippen molar-refractivity contribution in [3.63, 3.8) is 0 Å². The minimum absolute atomic E-state index is 0.241. The van der Waals surface area contributed by atoms with Crippen LogP contribution in [0.3, 0.4) is 0 Å². The zero-order chi connectivity index (χ0) is 13.7. The molecule has 0 saturated carbocycles. The van der Waals surface area contributed by atoms with E-state index >= 15 is 0 Å². The third-order valence-electron chi connectivity index (χ3n) is 2.41. The smallest absolute Gasteiger partial charge is 0.324 e. The van der Waals surface area contributed by atoms with Crippen molar-refractivity contribution >= 4 is 7.60 Å². The number of benzene rings is 2. The van der Waals surface area contributed by atoms with Gasteiger partial charge in [-0.25, -0.2) is 0 Å². The van der Waals surface area contributed by atoms with E-state index in [0.717, 1.165) is 11.1 Å². The highest BCUT2D eigenvalue weighted by Gasteiger charge is 2.13. The van der Waals surface area contributed by atoms with E-state index < -0.39 is 7.60 Å². The van der Waals surface area contributed by atoms with E-state index in [-0.39, 0.29) is 6.16 Å². The van der Waals surface area contributed by atoms with Crippen LogP contribution in [0.5, 0.6) is 0 Å². The van der Waals surface area contributed by atoms with Crippen LogP contribution in [0.4, 0.5) is 0 Å². The summed E-state index contributed by atoms with van der Waals surface area (Å²) >= 11 is 0. The lowest BCUT2D eigenvalue weighted by atomic mass is 10.1. The van der Waals surface area contributed by atoms with Gasteiger partial charge in [-0.2, -0.15) is 0 Å². The van der Waals surface area contributed by atoms with E-state index in [2.05, 4.69) is 17.9 Å². The van der Waals surface area contributed by atoms with Gasteiger partial charge in [0.15, 0.2) is 0 Å². The quantitative estimate of drug-likeness (QED) is 0.652. The predicted octanol–water partition coefficient (Wildman–Crippen LogP) is 2.56. The first kappa shape index (κ1) is 13.6. The summed E-state index contributed by atoms with van der Waals surface area (Å²) in [5.74, 6) is 6.00. The summed E-state index contributed by atoms with van der Waals surface area (Å²) in [7, 11) is -4.01. The van der Waals surface area contributed by atoms with E-state index in [1.54, 1.807) is 36.4 Å². The van der Waals surface area contributed by atoms with Gasteiger partial charge in [0.25, 0.3) is 0 Å². The fourth-order valence-electron chi connectivity index (χ4n) is 1.55. The molecule has 2 N–H and O–H groups in total. The normalized spacial score (nSPS) is 10.6. The Morgan fingerprint density at radius 3 is 2.00 bits per heavy atom. The van der Waals surface area contributed by atoms with Crippen LogP contribution in [0, 0.1) is 17.9 Å². The highest BCUT2D eigenvalue weighted by molar-refractivity contribution is 7.50. The van der Waals surface area contributed by atoms with Crippen LogP contribution in [0.1, 0.15) is 16.7 Å². The molecule has 2 rings (SSSR count). The molecule has 0 unspecified atom stereocenters. The van der Waals surface area contributed by atoms with Gasteiger partial charge in [-0.15, -0.1) is 0 Å². The second-order valence-electron chi connectivity index (χ2n) is 4.06. The van der Waals surface area contributed by atoms with E-state index in [1.165, 1.54) is 0 Å². The standard InChI is InChI=1S/C15H12O3P/c16-19(17,18)12-15-10-8-14(9-11-15)7-6-13-4-2-1-3-5-13/h2-5,8-11H,12H2,(H2,16,17,18). The maximum atomic E-state index is 10.9. The van der Waals surface area contributed by atoms with Gasteiger partial charge in [0, 0.05) is 11.1 Å². The zero-order valence-corrected chi connectivity index (χ0v) is 11.0. The topological polar surface area (TPSA) is 57.5 Å². The van der Waals surface area contributed by atoms with Crippen molar-refractivity contribution in [1.29, 1.82) is 0 Å². The maximum absolute atomic E-state index is 10.9. The summed E-state index contributed by atoms with van der Waals surface area (Å²) in [6.45, 7) is 0. The summed E-state index contributed by atoms with van der Waals surface area (Å²) in [6.07, 6.45) is -0.241. The van der Waals surface area contributed by atoms with Crippen LogP contribution in [0.2, 0.25) is 0 Å². The fourth-order valence-corrected chi connectivity index (χ4v) is 2.23. The van der Waals surface area contributed by atoms with Crippen LogP contribution in [-0.2, 0) is 10.7 Å². The van der Waals surface area contributed by atoms with E-state index in [1.807, 2.05) is 12.1 Å². The van der Waals surface area contributed by atoms with Crippen molar-refractivity contribution in [2.24, 2.45) is 0 Å². The van der Waals surface area contributed by atoms with E-state index in [0.29, 0.717) is 5.56 Å². The molecule has 0 amide bonds. The van der Waals surface area contributed by atoms with Gasteiger partial charge in [0.1, 0.15) is 0 Å². The van der Waals surface area contributed by atoms with Crippen molar-refractivity contribution in [2.45, 2.75) is 6.16 Å². The molecule has 0 aliphatic carbocycles. The Morgan fingerprint density at radius 1 is 0.947 bits per heavy atom. The van der Waals surface area contributed by atoms with Crippen LogP contribution in [0.15, 0.2) is 48.5 Å². The number of hydrogen-bond donors (Lipinski definition) is 2. The third-order valence-corrected chi connectivity index (χ3v) is 3.19. The fraction of sp³-hybridized carbons (Fsp3) is 0.0667. The zero-order valence-electron chi connectivity index (χ0n) is 10.1. The molecular formula is C15H12O3P. The molecular weight excluding hydrogens is 259 g/mol. The van der Waals surface area contributed by atoms with Gasteiger partial charge in [0.05, 0.1) is 6.16 Å². The Bertz CT molecular complexity index is 645. The molecule has 2 aromatic carbocycles.